The fourth-order valence-electron chi connectivity index (χ4n) is 1.90. The molecule has 1 rings (SSSR count). The van der Waals surface area contributed by atoms with Gasteiger partial charge in [0.25, 0.3) is 0 Å². The minimum Gasteiger partial charge on any atom is -0.313 e. The number of hydrogen-bond donors (Lipinski definition) is 1. The first-order valence-electron chi connectivity index (χ1n) is 5.51. The Balaban J connectivity index is 1.95. The number of nitrogens with one attached hydrogen (secondary N) is 1. The summed E-state index contributed by atoms with van der Waals surface area (Å²) in [7, 11) is 0. The third-order valence-electron chi connectivity index (χ3n) is 2.96. The first kappa shape index (κ1) is 10.0. The van der Waals surface area contributed by atoms with E-state index in [4.69, 9.17) is 0 Å². The van der Waals surface area contributed by atoms with Gasteiger partial charge in [0.05, 0.1) is 0 Å². The second kappa shape index (κ2) is 4.86. The fraction of sp³-hybridized carbons (Fsp3) is 1.00. The molecule has 0 radical (unpaired) electrons. The summed E-state index contributed by atoms with van der Waals surface area (Å²) < 4.78 is 0. The molecule has 0 bridgehead atoms. The Bertz CT molecular complexity index is 120. The lowest BCUT2D eigenvalue weighted by atomic mass is 10.1. The second-order valence-corrected chi connectivity index (χ2v) is 4.31. The molecule has 1 saturated carbocycles. The van der Waals surface area contributed by atoms with Crippen molar-refractivity contribution in [3.63, 3.8) is 0 Å². The maximum Gasteiger partial charge on any atom is 0.00991 e. The molecule has 3 unspecified atom stereocenters. The molecule has 0 spiro atoms. The summed E-state index contributed by atoms with van der Waals surface area (Å²) in [6, 6.07) is 0.870. The predicted octanol–water partition coefficient (Wildman–Crippen LogP) is 2.81. The number of hydrogen-bond acceptors (Lipinski definition) is 1. The highest BCUT2D eigenvalue weighted by atomic mass is 15.0. The van der Waals surface area contributed by atoms with Crippen LogP contribution in [0.4, 0.5) is 0 Å². The van der Waals surface area contributed by atoms with Crippen molar-refractivity contribution in [3.05, 3.63) is 0 Å². The quantitative estimate of drug-likeness (QED) is 0.644. The third-order valence-corrected chi connectivity index (χ3v) is 2.96. The molecule has 1 fully saturated rings. The molecule has 0 aromatic rings. The summed E-state index contributed by atoms with van der Waals surface area (Å²) in [6.07, 6.45) is 5.48. The minimum atomic E-state index is 0.869. The summed E-state index contributed by atoms with van der Waals surface area (Å²) in [4.78, 5) is 0. The second-order valence-electron chi connectivity index (χ2n) is 4.31. The van der Waals surface area contributed by atoms with Gasteiger partial charge >= 0.3 is 0 Å². The van der Waals surface area contributed by atoms with Gasteiger partial charge in [-0.3, -0.25) is 0 Å². The van der Waals surface area contributed by atoms with Crippen molar-refractivity contribution < 1.29 is 0 Å². The van der Waals surface area contributed by atoms with Crippen LogP contribution in [0.3, 0.4) is 0 Å². The first-order valence-corrected chi connectivity index (χ1v) is 5.51. The molecule has 12 heavy (non-hydrogen) atoms. The van der Waals surface area contributed by atoms with Crippen LogP contribution in [-0.2, 0) is 0 Å². The molecule has 0 aliphatic heterocycles. The van der Waals surface area contributed by atoms with Crippen LogP contribution in [0, 0.1) is 11.8 Å². The van der Waals surface area contributed by atoms with Crippen LogP contribution >= 0.6 is 0 Å². The standard InChI is InChI=1S/C11H23N/c1-4-6-9(3)8-12-11-7-10(11)5-2/h9-12H,4-8H2,1-3H3. The van der Waals surface area contributed by atoms with Crippen molar-refractivity contribution in [2.45, 2.75) is 52.5 Å². The van der Waals surface area contributed by atoms with Crippen LogP contribution in [0.1, 0.15) is 46.5 Å². The molecule has 0 aromatic carbocycles. The van der Waals surface area contributed by atoms with Gasteiger partial charge in [0.1, 0.15) is 0 Å². The Morgan fingerprint density at radius 1 is 1.42 bits per heavy atom. The molecular formula is C11H23N. The van der Waals surface area contributed by atoms with E-state index in [2.05, 4.69) is 26.1 Å². The van der Waals surface area contributed by atoms with Crippen molar-refractivity contribution in [1.29, 1.82) is 0 Å². The van der Waals surface area contributed by atoms with E-state index < -0.39 is 0 Å². The van der Waals surface area contributed by atoms with E-state index >= 15 is 0 Å². The van der Waals surface area contributed by atoms with Crippen LogP contribution < -0.4 is 5.32 Å². The van der Waals surface area contributed by atoms with Gasteiger partial charge < -0.3 is 5.32 Å². The summed E-state index contributed by atoms with van der Waals surface area (Å²) in [5.41, 5.74) is 0. The Hall–Kier alpha value is -0.0400. The predicted molar refractivity (Wildman–Crippen MR) is 54.3 cm³/mol. The van der Waals surface area contributed by atoms with Gasteiger partial charge in [-0.25, -0.2) is 0 Å². The van der Waals surface area contributed by atoms with Gasteiger partial charge in [-0.15, -0.1) is 0 Å². The normalized spacial score (nSPS) is 30.2. The zero-order chi connectivity index (χ0) is 8.97. The Morgan fingerprint density at radius 2 is 2.17 bits per heavy atom. The summed E-state index contributed by atoms with van der Waals surface area (Å²) in [5, 5.41) is 3.64. The lowest BCUT2D eigenvalue weighted by Crippen LogP contribution is -2.24. The van der Waals surface area contributed by atoms with E-state index in [-0.39, 0.29) is 0 Å². The lowest BCUT2D eigenvalue weighted by molar-refractivity contribution is 0.465. The van der Waals surface area contributed by atoms with E-state index in [1.165, 1.54) is 32.2 Å². The molecule has 1 aliphatic carbocycles. The lowest BCUT2D eigenvalue weighted by Gasteiger charge is -2.10. The zero-order valence-corrected chi connectivity index (χ0v) is 8.77. The van der Waals surface area contributed by atoms with E-state index in [0.29, 0.717) is 0 Å². The van der Waals surface area contributed by atoms with Crippen LogP contribution in [0.5, 0.6) is 0 Å². The fourth-order valence-corrected chi connectivity index (χ4v) is 1.90. The average molecular weight is 169 g/mol. The smallest absolute Gasteiger partial charge is 0.00991 e. The summed E-state index contributed by atoms with van der Waals surface area (Å²) in [5.74, 6) is 1.87. The summed E-state index contributed by atoms with van der Waals surface area (Å²) in [6.45, 7) is 8.14. The molecule has 0 amide bonds. The monoisotopic (exact) mass is 169 g/mol. The van der Waals surface area contributed by atoms with E-state index in [1.807, 2.05) is 0 Å². The molecule has 0 heterocycles. The first-order chi connectivity index (χ1) is 5.77. The maximum atomic E-state index is 3.64. The number of rotatable bonds is 6. The Morgan fingerprint density at radius 3 is 2.67 bits per heavy atom. The van der Waals surface area contributed by atoms with Gasteiger partial charge in [0, 0.05) is 6.04 Å². The molecule has 72 valence electrons. The van der Waals surface area contributed by atoms with Gasteiger partial charge in [-0.1, -0.05) is 33.6 Å². The highest BCUT2D eigenvalue weighted by Gasteiger charge is 2.34. The SMILES string of the molecule is CCCC(C)CNC1CC1CC. The molecule has 0 aromatic heterocycles. The van der Waals surface area contributed by atoms with Crippen molar-refractivity contribution in [1.82, 2.24) is 5.32 Å². The van der Waals surface area contributed by atoms with Gasteiger partial charge in [-0.2, -0.15) is 0 Å². The van der Waals surface area contributed by atoms with Crippen molar-refractivity contribution in [2.75, 3.05) is 6.54 Å². The van der Waals surface area contributed by atoms with Crippen LogP contribution in [0.15, 0.2) is 0 Å². The van der Waals surface area contributed by atoms with Gasteiger partial charge in [-0.05, 0) is 31.2 Å². The molecule has 3 atom stereocenters. The van der Waals surface area contributed by atoms with E-state index in [1.54, 1.807) is 0 Å². The topological polar surface area (TPSA) is 12.0 Å². The highest BCUT2D eigenvalue weighted by molar-refractivity contribution is 4.91. The van der Waals surface area contributed by atoms with Crippen LogP contribution in [0.2, 0.25) is 0 Å². The Labute approximate surface area is 76.9 Å². The van der Waals surface area contributed by atoms with Crippen molar-refractivity contribution in [2.24, 2.45) is 11.8 Å². The van der Waals surface area contributed by atoms with Crippen molar-refractivity contribution in [3.8, 4) is 0 Å². The van der Waals surface area contributed by atoms with Crippen LogP contribution in [-0.4, -0.2) is 12.6 Å². The van der Waals surface area contributed by atoms with E-state index in [9.17, 15) is 0 Å². The average Bonchev–Trinajstić information content (AvgIpc) is 2.80. The molecule has 1 aliphatic rings. The minimum absolute atomic E-state index is 0.869. The molecule has 1 heteroatoms. The van der Waals surface area contributed by atoms with E-state index in [0.717, 1.165) is 17.9 Å². The Kier molecular flexibility index (Phi) is 4.07. The highest BCUT2D eigenvalue weighted by Crippen LogP contribution is 2.33. The van der Waals surface area contributed by atoms with Crippen LogP contribution in [0.25, 0.3) is 0 Å². The molecule has 1 nitrogen and oxygen atoms in total. The zero-order valence-electron chi connectivity index (χ0n) is 8.77. The summed E-state index contributed by atoms with van der Waals surface area (Å²) >= 11 is 0. The molecular weight excluding hydrogens is 146 g/mol. The van der Waals surface area contributed by atoms with Gasteiger partial charge in [0.15, 0.2) is 0 Å². The maximum absolute atomic E-state index is 3.64. The largest absolute Gasteiger partial charge is 0.313 e. The molecule has 0 saturated heterocycles. The van der Waals surface area contributed by atoms with Crippen molar-refractivity contribution >= 4 is 0 Å². The third kappa shape index (κ3) is 3.14. The van der Waals surface area contributed by atoms with Gasteiger partial charge in [0.2, 0.25) is 0 Å². The molecule has 1 N–H and O–H groups in total.